The van der Waals surface area contributed by atoms with Crippen molar-refractivity contribution in [3.63, 3.8) is 0 Å². The number of carbonyl (C=O) groups excluding carboxylic acids is 1. The fraction of sp³-hybridized carbons (Fsp3) is 0.250. The molecule has 0 bridgehead atoms. The van der Waals surface area contributed by atoms with Crippen LogP contribution in [0.3, 0.4) is 0 Å². The van der Waals surface area contributed by atoms with E-state index in [0.29, 0.717) is 24.0 Å². The number of carbonyl (C=O) groups is 1. The first-order valence-corrected chi connectivity index (χ1v) is 8.97. The van der Waals surface area contributed by atoms with Gasteiger partial charge in [0.05, 0.1) is 17.2 Å². The highest BCUT2D eigenvalue weighted by molar-refractivity contribution is 6.31. The maximum absolute atomic E-state index is 12.7. The minimum absolute atomic E-state index is 0.00586. The first kappa shape index (κ1) is 16.8. The van der Waals surface area contributed by atoms with Crippen molar-refractivity contribution in [1.29, 1.82) is 0 Å². The van der Waals surface area contributed by atoms with Gasteiger partial charge in [-0.2, -0.15) is 0 Å². The Kier molecular flexibility index (Phi) is 4.47. The third-order valence-corrected chi connectivity index (χ3v) is 5.27. The van der Waals surface area contributed by atoms with Crippen molar-refractivity contribution in [2.75, 3.05) is 13.1 Å². The summed E-state index contributed by atoms with van der Waals surface area (Å²) in [5.74, 6) is 0.165. The van der Waals surface area contributed by atoms with Gasteiger partial charge in [0.2, 0.25) is 5.91 Å². The number of nitrogens with zero attached hydrogens (tertiary/aromatic N) is 3. The first-order valence-electron chi connectivity index (χ1n) is 8.60. The van der Waals surface area contributed by atoms with E-state index in [0.717, 1.165) is 17.0 Å². The summed E-state index contributed by atoms with van der Waals surface area (Å²) in [7, 11) is 0. The zero-order valence-electron chi connectivity index (χ0n) is 14.1. The normalized spacial score (nSPS) is 17.0. The lowest BCUT2D eigenvalue weighted by Crippen LogP contribution is -2.35. The summed E-state index contributed by atoms with van der Waals surface area (Å²) >= 11 is 6.28. The van der Waals surface area contributed by atoms with Crippen molar-refractivity contribution >= 4 is 28.4 Å². The highest BCUT2D eigenvalue weighted by atomic mass is 35.5. The minimum atomic E-state index is -0.189. The Hall–Kier alpha value is -2.66. The highest BCUT2D eigenvalue weighted by Crippen LogP contribution is 2.31. The van der Waals surface area contributed by atoms with Crippen LogP contribution in [0, 0.1) is 0 Å². The monoisotopic (exact) mass is 367 g/mol. The van der Waals surface area contributed by atoms with Gasteiger partial charge in [0.15, 0.2) is 0 Å². The van der Waals surface area contributed by atoms with Gasteiger partial charge in [-0.05, 0) is 30.2 Å². The summed E-state index contributed by atoms with van der Waals surface area (Å²) in [6, 6.07) is 14.9. The van der Waals surface area contributed by atoms with E-state index in [9.17, 15) is 9.59 Å². The van der Waals surface area contributed by atoms with Crippen LogP contribution in [0.25, 0.3) is 10.9 Å². The smallest absolute Gasteiger partial charge is 0.261 e. The van der Waals surface area contributed by atoms with Crippen LogP contribution < -0.4 is 5.56 Å². The number of rotatable bonds is 3. The van der Waals surface area contributed by atoms with E-state index in [1.54, 1.807) is 23.1 Å². The van der Waals surface area contributed by atoms with Crippen LogP contribution in [0.1, 0.15) is 17.9 Å². The van der Waals surface area contributed by atoms with E-state index in [4.69, 9.17) is 11.6 Å². The number of fused-ring (bicyclic) bond motifs is 1. The third kappa shape index (κ3) is 3.10. The lowest BCUT2D eigenvalue weighted by molar-refractivity contribution is -0.130. The molecule has 5 nitrogen and oxygen atoms in total. The lowest BCUT2D eigenvalue weighted by Gasteiger charge is -2.18. The number of hydrogen-bond acceptors (Lipinski definition) is 3. The molecule has 132 valence electrons. The molecule has 4 rings (SSSR count). The van der Waals surface area contributed by atoms with Crippen molar-refractivity contribution in [3.8, 4) is 0 Å². The average molecular weight is 368 g/mol. The van der Waals surface area contributed by atoms with Crippen molar-refractivity contribution in [1.82, 2.24) is 14.5 Å². The van der Waals surface area contributed by atoms with Crippen LogP contribution in [0.5, 0.6) is 0 Å². The molecule has 1 fully saturated rings. The number of halogens is 1. The van der Waals surface area contributed by atoms with E-state index < -0.39 is 0 Å². The molecule has 6 heteroatoms. The summed E-state index contributed by atoms with van der Waals surface area (Å²) in [5, 5.41) is 1.26. The molecule has 1 amide bonds. The topological polar surface area (TPSA) is 55.2 Å². The Morgan fingerprint density at radius 2 is 1.92 bits per heavy atom. The van der Waals surface area contributed by atoms with Gasteiger partial charge in [0.1, 0.15) is 6.54 Å². The van der Waals surface area contributed by atoms with Crippen molar-refractivity contribution < 1.29 is 4.79 Å². The molecular weight excluding hydrogens is 350 g/mol. The maximum atomic E-state index is 12.7. The van der Waals surface area contributed by atoms with Gasteiger partial charge in [-0.1, -0.05) is 41.9 Å². The van der Waals surface area contributed by atoms with E-state index in [2.05, 4.69) is 4.98 Å². The fourth-order valence-corrected chi connectivity index (χ4v) is 3.80. The van der Waals surface area contributed by atoms with E-state index >= 15 is 0 Å². The Bertz CT molecular complexity index is 1030. The number of hydrogen-bond donors (Lipinski definition) is 0. The van der Waals surface area contributed by atoms with Crippen LogP contribution in [0.4, 0.5) is 0 Å². The highest BCUT2D eigenvalue weighted by Gasteiger charge is 2.28. The largest absolute Gasteiger partial charge is 0.341 e. The van der Waals surface area contributed by atoms with E-state index in [-0.39, 0.29) is 23.9 Å². The van der Waals surface area contributed by atoms with Gasteiger partial charge in [-0.15, -0.1) is 0 Å². The summed E-state index contributed by atoms with van der Waals surface area (Å²) < 4.78 is 1.38. The quantitative estimate of drug-likeness (QED) is 0.715. The molecule has 0 N–H and O–H groups in total. The number of amides is 1. The van der Waals surface area contributed by atoms with Gasteiger partial charge in [0.25, 0.3) is 5.56 Å². The fourth-order valence-electron chi connectivity index (χ4n) is 3.51. The molecule has 3 aromatic rings. The van der Waals surface area contributed by atoms with Crippen molar-refractivity contribution in [2.24, 2.45) is 0 Å². The molecule has 1 aliphatic heterocycles. The van der Waals surface area contributed by atoms with Crippen LogP contribution in [0.15, 0.2) is 59.7 Å². The summed E-state index contributed by atoms with van der Waals surface area (Å²) in [6.07, 6.45) is 2.32. The Morgan fingerprint density at radius 1 is 1.15 bits per heavy atom. The molecule has 1 aromatic heterocycles. The second-order valence-corrected chi connectivity index (χ2v) is 6.95. The molecular formula is C20H18ClN3O2. The third-order valence-electron chi connectivity index (χ3n) is 4.92. The molecule has 2 aromatic carbocycles. The Balaban J connectivity index is 1.50. The number of benzene rings is 2. The van der Waals surface area contributed by atoms with Crippen molar-refractivity contribution in [3.05, 3.63) is 75.8 Å². The lowest BCUT2D eigenvalue weighted by atomic mass is 9.98. The van der Waals surface area contributed by atoms with Gasteiger partial charge in [-0.3, -0.25) is 14.2 Å². The van der Waals surface area contributed by atoms with E-state index in [1.807, 2.05) is 30.3 Å². The van der Waals surface area contributed by atoms with Crippen LogP contribution in [-0.4, -0.2) is 33.4 Å². The van der Waals surface area contributed by atoms with Gasteiger partial charge < -0.3 is 4.90 Å². The second kappa shape index (κ2) is 6.92. The van der Waals surface area contributed by atoms with Crippen LogP contribution >= 0.6 is 11.6 Å². The number of likely N-dealkylation sites (tertiary alicyclic amines) is 1. The molecule has 1 aliphatic rings. The molecule has 1 saturated heterocycles. The molecule has 0 radical (unpaired) electrons. The molecule has 2 heterocycles. The molecule has 0 unspecified atom stereocenters. The molecule has 1 atom stereocenters. The molecule has 0 spiro atoms. The van der Waals surface area contributed by atoms with Gasteiger partial charge in [-0.25, -0.2) is 4.98 Å². The number of para-hydroxylation sites is 1. The summed E-state index contributed by atoms with van der Waals surface area (Å²) in [6.45, 7) is 1.30. The standard InChI is InChI=1S/C20H18ClN3O2/c21-17-7-3-1-5-15(17)14-9-10-23(11-14)19(25)12-24-13-22-18-8-4-2-6-16(18)20(24)26/h1-8,13-14H,9-12H2/t14-/m0/s1. The Morgan fingerprint density at radius 3 is 2.77 bits per heavy atom. The predicted octanol–water partition coefficient (Wildman–Crippen LogP) is 3.07. The van der Waals surface area contributed by atoms with Gasteiger partial charge in [0, 0.05) is 24.0 Å². The second-order valence-electron chi connectivity index (χ2n) is 6.54. The maximum Gasteiger partial charge on any atom is 0.261 e. The first-order chi connectivity index (χ1) is 12.6. The molecule has 26 heavy (non-hydrogen) atoms. The van der Waals surface area contributed by atoms with Crippen LogP contribution in [-0.2, 0) is 11.3 Å². The zero-order valence-corrected chi connectivity index (χ0v) is 14.9. The number of aromatic nitrogens is 2. The molecule has 0 saturated carbocycles. The molecule has 0 aliphatic carbocycles. The summed E-state index contributed by atoms with van der Waals surface area (Å²) in [5.41, 5.74) is 1.53. The Labute approximate surface area is 155 Å². The van der Waals surface area contributed by atoms with Crippen molar-refractivity contribution in [2.45, 2.75) is 18.9 Å². The van der Waals surface area contributed by atoms with E-state index in [1.165, 1.54) is 10.9 Å². The predicted molar refractivity (Wildman–Crippen MR) is 101 cm³/mol. The van der Waals surface area contributed by atoms with Gasteiger partial charge >= 0.3 is 0 Å². The summed E-state index contributed by atoms with van der Waals surface area (Å²) in [4.78, 5) is 31.3. The minimum Gasteiger partial charge on any atom is -0.341 e. The zero-order chi connectivity index (χ0) is 18.1. The average Bonchev–Trinajstić information content (AvgIpc) is 3.15. The van der Waals surface area contributed by atoms with Crippen LogP contribution in [0.2, 0.25) is 5.02 Å². The SMILES string of the molecule is O=C(Cn1cnc2ccccc2c1=O)N1CC[C@H](c2ccccc2Cl)C1.